The first-order chi connectivity index (χ1) is 3.18. The summed E-state index contributed by atoms with van der Waals surface area (Å²) in [5, 5.41) is 0. The molecular weight excluding hydrogens is 136 g/mol. The first-order valence-electron chi connectivity index (χ1n) is 1.29. The molecule has 6 heteroatoms. The maximum atomic E-state index is 10.9. The third kappa shape index (κ3) is 4.38. The third-order valence-corrected chi connectivity index (χ3v) is 0.406. The zero-order valence-corrected chi connectivity index (χ0v) is 3.78. The van der Waals surface area contributed by atoms with Gasteiger partial charge in [0.25, 0.3) is 0 Å². The molecule has 0 bridgehead atoms. The van der Waals surface area contributed by atoms with Gasteiger partial charge >= 0.3 is 31.3 Å². The summed E-state index contributed by atoms with van der Waals surface area (Å²) < 4.78 is 24.8. The maximum absolute atomic E-state index is 10.9. The number of rotatable bonds is 1. The average molecular weight is 138 g/mol. The number of alkyl halides is 2. The fourth-order valence-corrected chi connectivity index (χ4v) is 0.101. The van der Waals surface area contributed by atoms with Gasteiger partial charge in [0.2, 0.25) is 0 Å². The van der Waals surface area contributed by atoms with Crippen molar-refractivity contribution in [3.8, 4) is 0 Å². The Balaban J connectivity index is 0. The number of halogens is 3. The van der Waals surface area contributed by atoms with Gasteiger partial charge in [-0.15, -0.1) is 0 Å². The van der Waals surface area contributed by atoms with E-state index in [2.05, 4.69) is 16.2 Å². The van der Waals surface area contributed by atoms with Crippen LogP contribution in [0.3, 0.4) is 0 Å². The summed E-state index contributed by atoms with van der Waals surface area (Å²) in [6.45, 7) is 0. The second-order valence-corrected chi connectivity index (χ2v) is 0.851. The van der Waals surface area contributed by atoms with E-state index in [9.17, 15) is 13.6 Å². The Morgan fingerprint density at radius 1 is 1.62 bits per heavy atom. The molecule has 0 atom stereocenters. The van der Waals surface area contributed by atoms with E-state index >= 15 is 0 Å². The Morgan fingerprint density at radius 3 is 2.00 bits per heavy atom. The molecule has 0 fully saturated rings. The van der Waals surface area contributed by atoms with Crippen LogP contribution in [0, 0.1) is 0 Å². The zero-order chi connectivity index (χ0) is 5.86. The monoisotopic (exact) mass is 138 g/mol. The Labute approximate surface area is 61.5 Å². The Morgan fingerprint density at radius 2 is 2.00 bits per heavy atom. The molecule has 0 aromatic rings. The summed E-state index contributed by atoms with van der Waals surface area (Å²) in [4.78, 5) is 9.41. The van der Waals surface area contributed by atoms with Gasteiger partial charge < -0.3 is 4.29 Å². The molecule has 0 amide bonds. The normalized spacial score (nSPS) is 8.00. The first kappa shape index (κ1) is 11.1. The van der Waals surface area contributed by atoms with Crippen LogP contribution in [0.2, 0.25) is 0 Å². The molecule has 0 saturated carbocycles. The van der Waals surface area contributed by atoms with Crippen LogP contribution < -0.4 is 0 Å². The van der Waals surface area contributed by atoms with Crippen LogP contribution in [-0.2, 0) is 9.08 Å². The molecule has 2 nitrogen and oxygen atoms in total. The van der Waals surface area contributed by atoms with Crippen LogP contribution in [0.5, 0.6) is 0 Å². The fraction of sp³-hybridized carbons (Fsp3) is 0.500. The number of hydrogen-bond acceptors (Lipinski definition) is 2. The second-order valence-electron chi connectivity index (χ2n) is 0.697. The molecule has 44 valence electrons. The summed E-state index contributed by atoms with van der Waals surface area (Å²) in [5.74, 6) is -1.72. The summed E-state index contributed by atoms with van der Waals surface area (Å²) in [6.07, 6.45) is -3.13. The third-order valence-electron chi connectivity index (χ3n) is 0.254. The molecule has 0 aliphatic carbocycles. The van der Waals surface area contributed by atoms with Crippen LogP contribution in [0.4, 0.5) is 8.78 Å². The van der Waals surface area contributed by atoms with Gasteiger partial charge in [-0.2, -0.15) is 8.78 Å². The van der Waals surface area contributed by atoms with Crippen molar-refractivity contribution in [3.05, 3.63) is 0 Å². The topological polar surface area (TPSA) is 26.3 Å². The van der Waals surface area contributed by atoms with Gasteiger partial charge in [-0.3, -0.25) is 0 Å². The van der Waals surface area contributed by atoms with Crippen LogP contribution in [0.15, 0.2) is 0 Å². The quantitative estimate of drug-likeness (QED) is 0.487. The standard InChI is InChI=1S/C2HClF2O2.Li.H/c3-7-2(6)1(4)5;;/h1H;;. The number of carbonyl (C=O) groups excluding carboxylic acids is 1. The minimum absolute atomic E-state index is 0. The van der Waals surface area contributed by atoms with Gasteiger partial charge in [0.1, 0.15) is 11.9 Å². The van der Waals surface area contributed by atoms with Crippen molar-refractivity contribution in [2.45, 2.75) is 6.43 Å². The molecule has 0 unspecified atom stereocenters. The molecule has 0 aromatic carbocycles. The van der Waals surface area contributed by atoms with Crippen molar-refractivity contribution in [3.63, 3.8) is 0 Å². The molecule has 0 N–H and O–H groups in total. The second kappa shape index (κ2) is 5.36. The summed E-state index contributed by atoms with van der Waals surface area (Å²) in [6, 6.07) is 0. The van der Waals surface area contributed by atoms with Crippen LogP contribution in [-0.4, -0.2) is 31.3 Å². The molecule has 0 saturated heterocycles. The van der Waals surface area contributed by atoms with E-state index in [1.54, 1.807) is 0 Å². The van der Waals surface area contributed by atoms with E-state index in [4.69, 9.17) is 0 Å². The van der Waals surface area contributed by atoms with Crippen molar-refractivity contribution >= 4 is 36.7 Å². The fourth-order valence-electron chi connectivity index (χ4n) is 0.0337. The summed E-state index contributed by atoms with van der Waals surface area (Å²) >= 11 is 4.22. The first-order valence-corrected chi connectivity index (χ1v) is 1.60. The van der Waals surface area contributed by atoms with Crippen LogP contribution in [0.25, 0.3) is 0 Å². The van der Waals surface area contributed by atoms with E-state index in [1.807, 2.05) is 0 Å². The summed E-state index contributed by atoms with van der Waals surface area (Å²) in [7, 11) is 0. The van der Waals surface area contributed by atoms with Gasteiger partial charge in [-0.1, -0.05) is 0 Å². The average Bonchev–Trinajstić information content (AvgIpc) is 1.65. The molecule has 0 heterocycles. The Bertz CT molecular complexity index is 78.4. The predicted octanol–water partition coefficient (Wildman–Crippen LogP) is 0.300. The molecular formula is C2H2ClF2LiO2. The molecule has 0 rings (SSSR count). The van der Waals surface area contributed by atoms with Crippen molar-refractivity contribution in [1.29, 1.82) is 0 Å². The minimum atomic E-state index is -3.13. The Hall–Kier alpha value is 0.217. The Kier molecular flexibility index (Phi) is 7.41. The van der Waals surface area contributed by atoms with Gasteiger partial charge in [0.15, 0.2) is 0 Å². The van der Waals surface area contributed by atoms with Crippen molar-refractivity contribution in [2.24, 2.45) is 0 Å². The molecule has 0 spiro atoms. The van der Waals surface area contributed by atoms with Crippen LogP contribution in [0.1, 0.15) is 0 Å². The summed E-state index contributed by atoms with van der Waals surface area (Å²) in [5.41, 5.74) is 0. The van der Waals surface area contributed by atoms with E-state index in [-0.39, 0.29) is 18.9 Å². The zero-order valence-electron chi connectivity index (χ0n) is 3.03. The van der Waals surface area contributed by atoms with E-state index in [0.717, 1.165) is 0 Å². The number of hydrogen-bond donors (Lipinski definition) is 0. The van der Waals surface area contributed by atoms with Gasteiger partial charge in [0.05, 0.1) is 0 Å². The molecule has 0 aromatic heterocycles. The van der Waals surface area contributed by atoms with Gasteiger partial charge in [0, 0.05) is 0 Å². The number of carbonyl (C=O) groups is 1. The van der Waals surface area contributed by atoms with Crippen molar-refractivity contribution in [1.82, 2.24) is 0 Å². The van der Waals surface area contributed by atoms with Crippen molar-refractivity contribution < 1.29 is 17.9 Å². The van der Waals surface area contributed by atoms with E-state index < -0.39 is 12.4 Å². The molecule has 0 aliphatic heterocycles. The van der Waals surface area contributed by atoms with Gasteiger partial charge in [-0.25, -0.2) is 4.79 Å². The molecule has 0 radical (unpaired) electrons. The van der Waals surface area contributed by atoms with Gasteiger partial charge in [-0.05, 0) is 0 Å². The van der Waals surface area contributed by atoms with Crippen molar-refractivity contribution in [2.75, 3.05) is 0 Å². The predicted molar refractivity (Wildman–Crippen MR) is 25.1 cm³/mol. The molecule has 8 heavy (non-hydrogen) atoms. The molecule has 0 aliphatic rings. The van der Waals surface area contributed by atoms with Crippen LogP contribution >= 0.6 is 11.9 Å². The SMILES string of the molecule is O=C(OCl)C(F)F.[LiH]. The van der Waals surface area contributed by atoms with E-state index in [1.165, 1.54) is 0 Å². The van der Waals surface area contributed by atoms with E-state index in [0.29, 0.717) is 0 Å².